The third kappa shape index (κ3) is 6.17. The molecule has 12 heavy (non-hydrogen) atoms. The van der Waals surface area contributed by atoms with Crippen LogP contribution in [-0.4, -0.2) is 13.2 Å². The molecule has 0 saturated carbocycles. The van der Waals surface area contributed by atoms with Crippen molar-refractivity contribution in [3.8, 4) is 0 Å². The third-order valence-corrected chi connectivity index (χ3v) is 1.64. The smallest absolute Gasteiger partial charge is 0.0650 e. The summed E-state index contributed by atoms with van der Waals surface area (Å²) in [5.41, 5.74) is 1.39. The lowest BCUT2D eigenvalue weighted by Crippen LogP contribution is -2.15. The second-order valence-corrected chi connectivity index (χ2v) is 3.99. The van der Waals surface area contributed by atoms with Gasteiger partial charge in [-0.3, -0.25) is 0 Å². The van der Waals surface area contributed by atoms with E-state index in [0.717, 1.165) is 6.61 Å². The van der Waals surface area contributed by atoms with Gasteiger partial charge in [-0.15, -0.1) is 6.58 Å². The first-order chi connectivity index (χ1) is 5.48. The van der Waals surface area contributed by atoms with Gasteiger partial charge in [0.2, 0.25) is 0 Å². The first-order valence-electron chi connectivity index (χ1n) is 4.32. The molecule has 0 aromatic rings. The molecular weight excluding hydrogens is 148 g/mol. The Morgan fingerprint density at radius 1 is 1.42 bits per heavy atom. The van der Waals surface area contributed by atoms with E-state index in [1.165, 1.54) is 5.57 Å². The van der Waals surface area contributed by atoms with Crippen molar-refractivity contribution >= 4 is 0 Å². The maximum Gasteiger partial charge on any atom is 0.0650 e. The van der Waals surface area contributed by atoms with Gasteiger partial charge in [0.05, 0.1) is 13.2 Å². The summed E-state index contributed by atoms with van der Waals surface area (Å²) in [7, 11) is 0. The van der Waals surface area contributed by atoms with Crippen molar-refractivity contribution in [1.82, 2.24) is 0 Å². The van der Waals surface area contributed by atoms with Gasteiger partial charge in [-0.1, -0.05) is 31.6 Å². The van der Waals surface area contributed by atoms with Crippen LogP contribution in [0.3, 0.4) is 0 Å². The molecule has 0 heterocycles. The van der Waals surface area contributed by atoms with Crippen LogP contribution in [0, 0.1) is 5.41 Å². The summed E-state index contributed by atoms with van der Waals surface area (Å²) in [4.78, 5) is 0. The molecule has 0 aliphatic heterocycles. The van der Waals surface area contributed by atoms with E-state index in [4.69, 9.17) is 4.74 Å². The average molecular weight is 168 g/mol. The molecule has 0 aliphatic carbocycles. The second kappa shape index (κ2) is 5.15. The minimum absolute atomic E-state index is 0.0927. The molecule has 0 bridgehead atoms. The Bertz CT molecular complexity index is 162. The van der Waals surface area contributed by atoms with Gasteiger partial charge in [-0.25, -0.2) is 0 Å². The third-order valence-electron chi connectivity index (χ3n) is 1.64. The van der Waals surface area contributed by atoms with Crippen LogP contribution in [0.2, 0.25) is 0 Å². The quantitative estimate of drug-likeness (QED) is 0.452. The Morgan fingerprint density at radius 2 is 2.00 bits per heavy atom. The summed E-state index contributed by atoms with van der Waals surface area (Å²) < 4.78 is 5.45. The van der Waals surface area contributed by atoms with E-state index in [9.17, 15) is 0 Å². The highest BCUT2D eigenvalue weighted by molar-refractivity contribution is 4.93. The number of allylic oxidation sites excluding steroid dienone is 1. The van der Waals surface area contributed by atoms with Gasteiger partial charge in [0.25, 0.3) is 0 Å². The minimum atomic E-state index is 0.0927. The van der Waals surface area contributed by atoms with E-state index in [1.807, 2.05) is 6.08 Å². The van der Waals surface area contributed by atoms with Crippen LogP contribution in [0.15, 0.2) is 24.3 Å². The molecular formula is C11H20O. The highest BCUT2D eigenvalue weighted by Gasteiger charge is 2.11. The van der Waals surface area contributed by atoms with Crippen molar-refractivity contribution in [3.63, 3.8) is 0 Å². The molecule has 0 aromatic heterocycles. The first-order valence-corrected chi connectivity index (χ1v) is 4.32. The summed E-state index contributed by atoms with van der Waals surface area (Å²) in [6.07, 6.45) is 4.01. The summed E-state index contributed by atoms with van der Waals surface area (Å²) in [6, 6.07) is 0. The molecule has 0 aromatic carbocycles. The molecule has 0 atom stereocenters. The minimum Gasteiger partial charge on any atom is -0.377 e. The summed E-state index contributed by atoms with van der Waals surface area (Å²) in [6.45, 7) is 13.6. The van der Waals surface area contributed by atoms with Gasteiger partial charge in [0.15, 0.2) is 0 Å². The van der Waals surface area contributed by atoms with Crippen molar-refractivity contribution < 1.29 is 4.74 Å². The average Bonchev–Trinajstić information content (AvgIpc) is 1.98. The fourth-order valence-electron chi connectivity index (χ4n) is 0.606. The van der Waals surface area contributed by atoms with E-state index < -0.39 is 0 Å². The molecule has 70 valence electrons. The Balaban J connectivity index is 3.57. The molecule has 0 unspecified atom stereocenters. The second-order valence-electron chi connectivity index (χ2n) is 3.99. The van der Waals surface area contributed by atoms with Gasteiger partial charge in [0, 0.05) is 5.41 Å². The fraction of sp³-hybridized carbons (Fsp3) is 0.636. The zero-order valence-corrected chi connectivity index (χ0v) is 8.68. The Labute approximate surface area is 76.1 Å². The Hall–Kier alpha value is -0.560. The van der Waals surface area contributed by atoms with Crippen LogP contribution < -0.4 is 0 Å². The van der Waals surface area contributed by atoms with Gasteiger partial charge in [-0.05, 0) is 13.8 Å². The molecule has 0 saturated heterocycles. The van der Waals surface area contributed by atoms with E-state index in [1.54, 1.807) is 0 Å². The van der Waals surface area contributed by atoms with Crippen LogP contribution in [0.25, 0.3) is 0 Å². The number of ether oxygens (including phenoxy) is 1. The Kier molecular flexibility index (Phi) is 4.91. The van der Waals surface area contributed by atoms with E-state index in [2.05, 4.69) is 40.3 Å². The molecule has 0 radical (unpaired) electrons. The predicted molar refractivity (Wildman–Crippen MR) is 54.2 cm³/mol. The maximum atomic E-state index is 5.45. The largest absolute Gasteiger partial charge is 0.377 e. The molecule has 0 fully saturated rings. The molecule has 0 rings (SSSR count). The molecule has 1 nitrogen and oxygen atoms in total. The lowest BCUT2D eigenvalue weighted by atomic mass is 9.95. The lowest BCUT2D eigenvalue weighted by molar-refractivity contribution is 0.105. The molecule has 0 spiro atoms. The van der Waals surface area contributed by atoms with Gasteiger partial charge < -0.3 is 4.74 Å². The van der Waals surface area contributed by atoms with Crippen LogP contribution in [0.4, 0.5) is 0 Å². The summed E-state index contributed by atoms with van der Waals surface area (Å²) >= 11 is 0. The van der Waals surface area contributed by atoms with Crippen LogP contribution in [0.5, 0.6) is 0 Å². The SMILES string of the molecule is C=CC(C)(C)COCC=C(C)C. The van der Waals surface area contributed by atoms with Crippen molar-refractivity contribution in [3.05, 3.63) is 24.3 Å². The van der Waals surface area contributed by atoms with E-state index >= 15 is 0 Å². The van der Waals surface area contributed by atoms with Crippen LogP contribution in [-0.2, 0) is 4.74 Å². The van der Waals surface area contributed by atoms with E-state index in [0.29, 0.717) is 6.61 Å². The Morgan fingerprint density at radius 3 is 2.42 bits per heavy atom. The highest BCUT2D eigenvalue weighted by Crippen LogP contribution is 2.15. The van der Waals surface area contributed by atoms with Crippen molar-refractivity contribution in [2.24, 2.45) is 5.41 Å². The summed E-state index contributed by atoms with van der Waals surface area (Å²) in [5, 5.41) is 0. The zero-order valence-electron chi connectivity index (χ0n) is 8.68. The molecule has 0 amide bonds. The van der Waals surface area contributed by atoms with Crippen molar-refractivity contribution in [2.45, 2.75) is 27.7 Å². The van der Waals surface area contributed by atoms with Crippen molar-refractivity contribution in [2.75, 3.05) is 13.2 Å². The standard InChI is InChI=1S/C11H20O/c1-6-11(4,5)9-12-8-7-10(2)3/h6-7H,1,8-9H2,2-5H3. The van der Waals surface area contributed by atoms with Crippen molar-refractivity contribution in [1.29, 1.82) is 0 Å². The number of hydrogen-bond donors (Lipinski definition) is 0. The molecule has 1 heteroatoms. The summed E-state index contributed by atoms with van der Waals surface area (Å²) in [5.74, 6) is 0. The van der Waals surface area contributed by atoms with Gasteiger partial charge >= 0.3 is 0 Å². The number of hydrogen-bond acceptors (Lipinski definition) is 1. The zero-order chi connectivity index (χ0) is 9.61. The predicted octanol–water partition coefficient (Wildman–Crippen LogP) is 3.18. The van der Waals surface area contributed by atoms with Crippen LogP contribution >= 0.6 is 0 Å². The first kappa shape index (κ1) is 11.4. The normalized spacial score (nSPS) is 11.0. The molecule has 0 N–H and O–H groups in total. The van der Waals surface area contributed by atoms with E-state index in [-0.39, 0.29) is 5.41 Å². The highest BCUT2D eigenvalue weighted by atomic mass is 16.5. The van der Waals surface area contributed by atoms with Crippen LogP contribution in [0.1, 0.15) is 27.7 Å². The van der Waals surface area contributed by atoms with Gasteiger partial charge in [0.1, 0.15) is 0 Å². The maximum absolute atomic E-state index is 5.45. The molecule has 0 aliphatic rings. The van der Waals surface area contributed by atoms with Gasteiger partial charge in [-0.2, -0.15) is 0 Å². The lowest BCUT2D eigenvalue weighted by Gasteiger charge is -2.18. The topological polar surface area (TPSA) is 9.23 Å². The fourth-order valence-corrected chi connectivity index (χ4v) is 0.606. The monoisotopic (exact) mass is 168 g/mol. The number of rotatable bonds is 5.